The van der Waals surface area contributed by atoms with Crippen LogP contribution >= 0.6 is 27.5 Å². The first kappa shape index (κ1) is 21.8. The Balaban J connectivity index is 1.48. The molecule has 0 saturated carbocycles. The zero-order valence-corrected chi connectivity index (χ0v) is 19.1. The van der Waals surface area contributed by atoms with Gasteiger partial charge in [0, 0.05) is 10.2 Å². The standard InChI is InChI=1S/C24H16BrClN2O4/c1-14-3-2-4-18(13-14)28-22(29)20(26)21(23(28)30)27-17-9-5-15(6-10-17)24(31)32-19-11-7-16(25)8-12-19/h2-13,27H,1H3. The quantitative estimate of drug-likeness (QED) is 0.281. The van der Waals surface area contributed by atoms with E-state index in [1.54, 1.807) is 66.7 Å². The smallest absolute Gasteiger partial charge is 0.343 e. The molecule has 1 aliphatic rings. The lowest BCUT2D eigenvalue weighted by molar-refractivity contribution is -0.120. The Kier molecular flexibility index (Phi) is 6.12. The van der Waals surface area contributed by atoms with E-state index < -0.39 is 17.8 Å². The first-order chi connectivity index (χ1) is 15.3. The van der Waals surface area contributed by atoms with Crippen molar-refractivity contribution >= 4 is 56.7 Å². The highest BCUT2D eigenvalue weighted by Gasteiger charge is 2.38. The molecule has 0 aliphatic carbocycles. The van der Waals surface area contributed by atoms with E-state index >= 15 is 0 Å². The first-order valence-corrected chi connectivity index (χ1v) is 10.7. The fourth-order valence-electron chi connectivity index (χ4n) is 3.12. The number of esters is 1. The monoisotopic (exact) mass is 510 g/mol. The third kappa shape index (κ3) is 4.44. The van der Waals surface area contributed by atoms with Crippen LogP contribution in [0, 0.1) is 6.92 Å². The number of imide groups is 1. The van der Waals surface area contributed by atoms with Crippen LogP contribution in [0.1, 0.15) is 15.9 Å². The Labute approximate surface area is 197 Å². The largest absolute Gasteiger partial charge is 0.423 e. The molecule has 0 atom stereocenters. The first-order valence-electron chi connectivity index (χ1n) is 9.53. The number of nitrogens with zero attached hydrogens (tertiary/aromatic N) is 1. The third-order valence-corrected chi connectivity index (χ3v) is 5.58. The highest BCUT2D eigenvalue weighted by Crippen LogP contribution is 2.30. The van der Waals surface area contributed by atoms with Gasteiger partial charge in [0.05, 0.1) is 11.3 Å². The molecule has 1 N–H and O–H groups in total. The van der Waals surface area contributed by atoms with Gasteiger partial charge in [-0.1, -0.05) is 39.7 Å². The predicted octanol–water partition coefficient (Wildman–Crippen LogP) is 5.41. The predicted molar refractivity (Wildman–Crippen MR) is 126 cm³/mol. The summed E-state index contributed by atoms with van der Waals surface area (Å²) in [5.74, 6) is -1.25. The van der Waals surface area contributed by atoms with Crippen molar-refractivity contribution in [3.63, 3.8) is 0 Å². The van der Waals surface area contributed by atoms with E-state index in [-0.39, 0.29) is 10.7 Å². The number of nitrogens with one attached hydrogen (secondary N) is 1. The highest BCUT2D eigenvalue weighted by molar-refractivity contribution is 9.10. The summed E-state index contributed by atoms with van der Waals surface area (Å²) in [6.07, 6.45) is 0. The SMILES string of the molecule is Cc1cccc(N2C(=O)C(Cl)=C(Nc3ccc(C(=O)Oc4ccc(Br)cc4)cc3)C2=O)c1. The summed E-state index contributed by atoms with van der Waals surface area (Å²) in [5, 5.41) is 2.69. The minimum Gasteiger partial charge on any atom is -0.423 e. The van der Waals surface area contributed by atoms with Crippen LogP contribution in [0.4, 0.5) is 11.4 Å². The summed E-state index contributed by atoms with van der Waals surface area (Å²) in [4.78, 5) is 38.8. The van der Waals surface area contributed by atoms with Gasteiger partial charge in [0.2, 0.25) is 0 Å². The average Bonchev–Trinajstić information content (AvgIpc) is 2.99. The Morgan fingerprint density at radius 1 is 0.969 bits per heavy atom. The lowest BCUT2D eigenvalue weighted by atomic mass is 10.2. The number of ether oxygens (including phenoxy) is 1. The number of aryl methyl sites for hydroxylation is 1. The second kappa shape index (κ2) is 8.98. The van der Waals surface area contributed by atoms with E-state index in [4.69, 9.17) is 16.3 Å². The van der Waals surface area contributed by atoms with Gasteiger partial charge < -0.3 is 10.1 Å². The maximum absolute atomic E-state index is 12.9. The van der Waals surface area contributed by atoms with Crippen molar-refractivity contribution in [2.24, 2.45) is 0 Å². The van der Waals surface area contributed by atoms with Crippen molar-refractivity contribution in [3.8, 4) is 5.75 Å². The summed E-state index contributed by atoms with van der Waals surface area (Å²) < 4.78 is 6.21. The van der Waals surface area contributed by atoms with Crippen LogP contribution in [-0.4, -0.2) is 17.8 Å². The van der Waals surface area contributed by atoms with Crippen LogP contribution in [-0.2, 0) is 9.59 Å². The van der Waals surface area contributed by atoms with Gasteiger partial charge in [-0.05, 0) is 73.2 Å². The van der Waals surface area contributed by atoms with Gasteiger partial charge in [-0.15, -0.1) is 0 Å². The van der Waals surface area contributed by atoms with E-state index in [9.17, 15) is 14.4 Å². The minimum atomic E-state index is -0.598. The highest BCUT2D eigenvalue weighted by atomic mass is 79.9. The number of halogens is 2. The van der Waals surface area contributed by atoms with Crippen molar-refractivity contribution in [1.82, 2.24) is 0 Å². The van der Waals surface area contributed by atoms with Gasteiger partial charge in [-0.2, -0.15) is 0 Å². The molecule has 0 spiro atoms. The van der Waals surface area contributed by atoms with E-state index in [0.29, 0.717) is 22.7 Å². The topological polar surface area (TPSA) is 75.7 Å². The van der Waals surface area contributed by atoms with Crippen molar-refractivity contribution in [3.05, 3.63) is 99.1 Å². The molecule has 3 aromatic rings. The van der Waals surface area contributed by atoms with Gasteiger partial charge in [0.25, 0.3) is 11.8 Å². The van der Waals surface area contributed by atoms with E-state index in [2.05, 4.69) is 21.2 Å². The van der Waals surface area contributed by atoms with Crippen molar-refractivity contribution < 1.29 is 19.1 Å². The molecule has 1 heterocycles. The third-order valence-electron chi connectivity index (χ3n) is 4.70. The molecule has 0 fully saturated rings. The minimum absolute atomic E-state index is 0.0247. The number of carbonyl (C=O) groups excluding carboxylic acids is 3. The number of anilines is 2. The van der Waals surface area contributed by atoms with Gasteiger partial charge in [-0.3, -0.25) is 9.59 Å². The zero-order valence-electron chi connectivity index (χ0n) is 16.8. The molecule has 2 amide bonds. The summed E-state index contributed by atoms with van der Waals surface area (Å²) in [6, 6.07) is 20.2. The summed E-state index contributed by atoms with van der Waals surface area (Å²) in [7, 11) is 0. The van der Waals surface area contributed by atoms with Crippen molar-refractivity contribution in [1.29, 1.82) is 0 Å². The molecule has 0 saturated heterocycles. The van der Waals surface area contributed by atoms with E-state index in [0.717, 1.165) is 14.9 Å². The zero-order chi connectivity index (χ0) is 22.8. The second-order valence-corrected chi connectivity index (χ2v) is 8.31. The van der Waals surface area contributed by atoms with Crippen molar-refractivity contribution in [2.75, 3.05) is 10.2 Å². The Hall–Kier alpha value is -3.42. The molecule has 4 rings (SSSR count). The molecular formula is C24H16BrClN2O4. The van der Waals surface area contributed by atoms with Gasteiger partial charge in [0.15, 0.2) is 0 Å². The molecule has 8 heteroatoms. The molecule has 0 aromatic heterocycles. The number of amides is 2. The molecular weight excluding hydrogens is 496 g/mol. The van der Waals surface area contributed by atoms with Crippen LogP contribution in [0.2, 0.25) is 0 Å². The number of hydrogen-bond acceptors (Lipinski definition) is 5. The van der Waals surface area contributed by atoms with Crippen LogP contribution in [0.15, 0.2) is 88.0 Å². The Morgan fingerprint density at radius 2 is 1.66 bits per heavy atom. The van der Waals surface area contributed by atoms with E-state index in [1.807, 2.05) is 13.0 Å². The van der Waals surface area contributed by atoms with Gasteiger partial charge in [-0.25, -0.2) is 9.69 Å². The number of hydrogen-bond donors (Lipinski definition) is 1. The van der Waals surface area contributed by atoms with Crippen LogP contribution in [0.25, 0.3) is 0 Å². The van der Waals surface area contributed by atoms with Crippen molar-refractivity contribution in [2.45, 2.75) is 6.92 Å². The van der Waals surface area contributed by atoms with E-state index in [1.165, 1.54) is 0 Å². The fraction of sp³-hybridized carbons (Fsp3) is 0.0417. The molecule has 160 valence electrons. The van der Waals surface area contributed by atoms with Gasteiger partial charge >= 0.3 is 5.97 Å². The molecule has 1 aliphatic heterocycles. The Bertz CT molecular complexity index is 1250. The van der Waals surface area contributed by atoms with Crippen LogP contribution < -0.4 is 15.0 Å². The normalized spacial score (nSPS) is 13.5. The average molecular weight is 512 g/mol. The van der Waals surface area contributed by atoms with Crippen LogP contribution in [0.3, 0.4) is 0 Å². The maximum Gasteiger partial charge on any atom is 0.343 e. The molecule has 0 bridgehead atoms. The molecule has 0 radical (unpaired) electrons. The van der Waals surface area contributed by atoms with Gasteiger partial charge in [0.1, 0.15) is 16.5 Å². The number of carbonyl (C=O) groups is 3. The Morgan fingerprint density at radius 3 is 2.31 bits per heavy atom. The second-order valence-electron chi connectivity index (χ2n) is 7.02. The molecule has 6 nitrogen and oxygen atoms in total. The lowest BCUT2D eigenvalue weighted by Crippen LogP contribution is -2.32. The summed E-state index contributed by atoms with van der Waals surface area (Å²) in [5.41, 5.74) is 2.15. The summed E-state index contributed by atoms with van der Waals surface area (Å²) in [6.45, 7) is 1.87. The lowest BCUT2D eigenvalue weighted by Gasteiger charge is -2.15. The number of rotatable bonds is 5. The molecule has 3 aromatic carbocycles. The molecule has 32 heavy (non-hydrogen) atoms. The van der Waals surface area contributed by atoms with Crippen LogP contribution in [0.5, 0.6) is 5.75 Å². The summed E-state index contributed by atoms with van der Waals surface area (Å²) >= 11 is 9.49. The maximum atomic E-state index is 12.9. The fourth-order valence-corrected chi connectivity index (χ4v) is 3.59. The molecule has 0 unspecified atom stereocenters. The number of benzene rings is 3.